The average molecular weight is 309 g/mol. The third-order valence-electron chi connectivity index (χ3n) is 4.41. The number of aromatic nitrogens is 2. The summed E-state index contributed by atoms with van der Waals surface area (Å²) in [5.74, 6) is -1.84. The minimum absolute atomic E-state index is 0.147. The molecule has 10 nitrogen and oxygen atoms in total. The second-order valence-electron chi connectivity index (χ2n) is 5.73. The molecule has 2 fully saturated rings. The summed E-state index contributed by atoms with van der Waals surface area (Å²) in [7, 11) is 0. The van der Waals surface area contributed by atoms with Gasteiger partial charge in [0.25, 0.3) is 0 Å². The monoisotopic (exact) mass is 309 g/mol. The maximum absolute atomic E-state index is 11.6. The smallest absolute Gasteiger partial charge is 0.309 e. The predicted octanol–water partition coefficient (Wildman–Crippen LogP) is -0.870. The van der Waals surface area contributed by atoms with Crippen LogP contribution < -0.4 is 10.6 Å². The highest BCUT2D eigenvalue weighted by atomic mass is 16.6. The van der Waals surface area contributed by atoms with Crippen LogP contribution >= 0.6 is 0 Å². The van der Waals surface area contributed by atoms with Crippen molar-refractivity contribution in [3.63, 3.8) is 0 Å². The van der Waals surface area contributed by atoms with E-state index in [2.05, 4.69) is 20.8 Å². The molecule has 2 amide bonds. The summed E-state index contributed by atoms with van der Waals surface area (Å²) in [4.78, 5) is 38.2. The molecule has 10 heteroatoms. The van der Waals surface area contributed by atoms with Gasteiger partial charge in [-0.25, -0.2) is 0 Å². The van der Waals surface area contributed by atoms with Gasteiger partial charge in [-0.15, -0.1) is 0 Å². The lowest BCUT2D eigenvalue weighted by molar-refractivity contribution is -0.536. The molecule has 1 aliphatic heterocycles. The zero-order valence-electron chi connectivity index (χ0n) is 12.0. The number of rotatable bonds is 2. The van der Waals surface area contributed by atoms with Gasteiger partial charge >= 0.3 is 11.8 Å². The number of nitrogens with one attached hydrogen (secondary N) is 2. The number of amides is 2. The van der Waals surface area contributed by atoms with Gasteiger partial charge < -0.3 is 15.2 Å². The molecule has 1 aromatic rings. The standard InChI is InChI=1S/C12H15N5O5/c1-4-7(17(20)21)3-6-9(15-11(19)10(18)14-6)8(4)12-13-5(2)16-22-12/h4,6-9H,3H2,1-2H3,(H,14,18)(H,15,19). The molecular weight excluding hydrogens is 294 g/mol. The highest BCUT2D eigenvalue weighted by molar-refractivity contribution is 6.35. The Bertz CT molecular complexity index is 644. The maximum atomic E-state index is 11.6. The molecule has 118 valence electrons. The Morgan fingerprint density at radius 2 is 2.00 bits per heavy atom. The summed E-state index contributed by atoms with van der Waals surface area (Å²) in [6.45, 7) is 3.36. The number of nitrogens with zero attached hydrogens (tertiary/aromatic N) is 3. The van der Waals surface area contributed by atoms with Crippen LogP contribution in [-0.4, -0.2) is 45.0 Å². The lowest BCUT2D eigenvalue weighted by Gasteiger charge is -2.43. The molecule has 1 aromatic heterocycles. The summed E-state index contributed by atoms with van der Waals surface area (Å²) >= 11 is 0. The van der Waals surface area contributed by atoms with Gasteiger partial charge in [0.05, 0.1) is 18.0 Å². The van der Waals surface area contributed by atoms with Crippen molar-refractivity contribution in [2.24, 2.45) is 5.92 Å². The fraction of sp³-hybridized carbons (Fsp3) is 0.667. The van der Waals surface area contributed by atoms with Crippen LogP contribution in [0, 0.1) is 23.0 Å². The van der Waals surface area contributed by atoms with Crippen LogP contribution in [0.15, 0.2) is 4.52 Å². The highest BCUT2D eigenvalue weighted by Crippen LogP contribution is 2.39. The molecule has 5 atom stereocenters. The molecular formula is C12H15N5O5. The fourth-order valence-electron chi connectivity index (χ4n) is 3.33. The van der Waals surface area contributed by atoms with Gasteiger partial charge in [0, 0.05) is 17.3 Å². The van der Waals surface area contributed by atoms with E-state index in [1.54, 1.807) is 13.8 Å². The summed E-state index contributed by atoms with van der Waals surface area (Å²) in [6.07, 6.45) is 0.147. The number of fused-ring (bicyclic) bond motifs is 1. The van der Waals surface area contributed by atoms with E-state index in [0.717, 1.165) is 0 Å². The first-order valence-corrected chi connectivity index (χ1v) is 6.93. The molecule has 2 aliphatic rings. The Kier molecular flexibility index (Phi) is 3.30. The van der Waals surface area contributed by atoms with Crippen molar-refractivity contribution in [1.82, 2.24) is 20.8 Å². The van der Waals surface area contributed by atoms with E-state index in [1.165, 1.54) is 0 Å². The van der Waals surface area contributed by atoms with Crippen LogP contribution in [0.25, 0.3) is 0 Å². The van der Waals surface area contributed by atoms with E-state index in [1.807, 2.05) is 0 Å². The van der Waals surface area contributed by atoms with Crippen molar-refractivity contribution >= 4 is 11.8 Å². The van der Waals surface area contributed by atoms with Crippen LogP contribution in [0.4, 0.5) is 0 Å². The van der Waals surface area contributed by atoms with Gasteiger partial charge in [0.2, 0.25) is 11.9 Å². The van der Waals surface area contributed by atoms with Crippen LogP contribution in [0.1, 0.15) is 31.0 Å². The van der Waals surface area contributed by atoms with E-state index >= 15 is 0 Å². The number of carbonyl (C=O) groups is 2. The zero-order chi connectivity index (χ0) is 16.0. The number of piperazine rings is 1. The van der Waals surface area contributed by atoms with E-state index < -0.39 is 41.8 Å². The molecule has 2 N–H and O–H groups in total. The van der Waals surface area contributed by atoms with Crippen molar-refractivity contribution in [1.29, 1.82) is 0 Å². The number of hydrogen-bond acceptors (Lipinski definition) is 7. The van der Waals surface area contributed by atoms with Gasteiger partial charge in [-0.1, -0.05) is 12.1 Å². The molecule has 1 saturated heterocycles. The van der Waals surface area contributed by atoms with Crippen molar-refractivity contribution < 1.29 is 19.0 Å². The van der Waals surface area contributed by atoms with Crippen molar-refractivity contribution in [2.75, 3.05) is 0 Å². The van der Waals surface area contributed by atoms with E-state index in [4.69, 9.17) is 4.52 Å². The SMILES string of the molecule is Cc1noc(C2C(C)C([N+](=O)[O-])CC3NC(=O)C(=O)NC32)n1. The summed E-state index contributed by atoms with van der Waals surface area (Å²) in [6, 6.07) is -1.90. The van der Waals surface area contributed by atoms with Crippen LogP contribution in [-0.2, 0) is 9.59 Å². The molecule has 2 heterocycles. The number of carbonyl (C=O) groups excluding carboxylic acids is 2. The van der Waals surface area contributed by atoms with Gasteiger partial charge in [-0.05, 0) is 6.92 Å². The van der Waals surface area contributed by atoms with Crippen LogP contribution in [0.3, 0.4) is 0 Å². The molecule has 0 spiro atoms. The Morgan fingerprint density at radius 3 is 2.59 bits per heavy atom. The quantitative estimate of drug-likeness (QED) is 0.411. The first kappa shape index (κ1) is 14.4. The predicted molar refractivity (Wildman–Crippen MR) is 70.2 cm³/mol. The van der Waals surface area contributed by atoms with Crippen LogP contribution in [0.2, 0.25) is 0 Å². The van der Waals surface area contributed by atoms with Gasteiger partial charge in [0.15, 0.2) is 5.82 Å². The molecule has 0 radical (unpaired) electrons. The number of nitro groups is 1. The third kappa shape index (κ3) is 2.20. The van der Waals surface area contributed by atoms with Crippen molar-refractivity contribution in [3.8, 4) is 0 Å². The molecule has 1 saturated carbocycles. The van der Waals surface area contributed by atoms with Gasteiger partial charge in [-0.2, -0.15) is 4.98 Å². The highest BCUT2D eigenvalue weighted by Gasteiger charge is 2.53. The Hall–Kier alpha value is -2.52. The summed E-state index contributed by atoms with van der Waals surface area (Å²) in [5.41, 5.74) is 0. The molecule has 0 bridgehead atoms. The van der Waals surface area contributed by atoms with E-state index in [9.17, 15) is 19.7 Å². The Labute approximate surface area is 124 Å². The largest absolute Gasteiger partial charge is 0.343 e. The minimum atomic E-state index is -0.867. The summed E-state index contributed by atoms with van der Waals surface area (Å²) < 4.78 is 5.17. The first-order chi connectivity index (χ1) is 10.4. The third-order valence-corrected chi connectivity index (χ3v) is 4.41. The molecule has 3 rings (SSSR count). The van der Waals surface area contributed by atoms with Crippen molar-refractivity contribution in [2.45, 2.75) is 44.3 Å². The molecule has 1 aliphatic carbocycles. The maximum Gasteiger partial charge on any atom is 0.309 e. The topological polar surface area (TPSA) is 140 Å². The fourth-order valence-corrected chi connectivity index (χ4v) is 3.33. The normalized spacial score (nSPS) is 34.5. The minimum Gasteiger partial charge on any atom is -0.343 e. The van der Waals surface area contributed by atoms with Gasteiger partial charge in [0.1, 0.15) is 0 Å². The molecule has 0 aromatic carbocycles. The number of hydrogen-bond donors (Lipinski definition) is 2. The zero-order valence-corrected chi connectivity index (χ0v) is 12.0. The summed E-state index contributed by atoms with van der Waals surface area (Å²) in [5, 5.41) is 20.2. The lowest BCUT2D eigenvalue weighted by atomic mass is 9.70. The second-order valence-corrected chi connectivity index (χ2v) is 5.73. The molecule has 22 heavy (non-hydrogen) atoms. The number of aryl methyl sites for hydroxylation is 1. The first-order valence-electron chi connectivity index (χ1n) is 6.93. The van der Waals surface area contributed by atoms with E-state index in [0.29, 0.717) is 5.82 Å². The Morgan fingerprint density at radius 1 is 1.32 bits per heavy atom. The second kappa shape index (κ2) is 5.04. The lowest BCUT2D eigenvalue weighted by Crippen LogP contribution is -2.68. The molecule has 5 unspecified atom stereocenters. The Balaban J connectivity index is 2.00. The van der Waals surface area contributed by atoms with Gasteiger partial charge in [-0.3, -0.25) is 19.7 Å². The average Bonchev–Trinajstić information content (AvgIpc) is 2.86. The van der Waals surface area contributed by atoms with Crippen LogP contribution in [0.5, 0.6) is 0 Å². The van der Waals surface area contributed by atoms with Crippen molar-refractivity contribution in [3.05, 3.63) is 21.8 Å². The van der Waals surface area contributed by atoms with E-state index in [-0.39, 0.29) is 17.2 Å².